The zero-order valence-electron chi connectivity index (χ0n) is 17.7. The van der Waals surface area contributed by atoms with Crippen molar-refractivity contribution in [2.45, 2.75) is 20.5 Å². The molecule has 0 saturated heterocycles. The van der Waals surface area contributed by atoms with Gasteiger partial charge < -0.3 is 14.5 Å². The van der Waals surface area contributed by atoms with Crippen molar-refractivity contribution in [3.05, 3.63) is 70.5 Å². The van der Waals surface area contributed by atoms with Gasteiger partial charge in [-0.1, -0.05) is 30.3 Å². The van der Waals surface area contributed by atoms with Gasteiger partial charge in [-0.2, -0.15) is 0 Å². The van der Waals surface area contributed by atoms with E-state index >= 15 is 0 Å². The van der Waals surface area contributed by atoms with Crippen molar-refractivity contribution in [2.75, 3.05) is 13.2 Å². The first-order chi connectivity index (χ1) is 15.5. The van der Waals surface area contributed by atoms with E-state index in [1.54, 1.807) is 6.92 Å². The van der Waals surface area contributed by atoms with Gasteiger partial charge in [0.2, 0.25) is 0 Å². The number of aromatic nitrogens is 3. The number of hydrogen-bond donors (Lipinski definition) is 1. The zero-order valence-corrected chi connectivity index (χ0v) is 17.7. The molecule has 1 N–H and O–H groups in total. The summed E-state index contributed by atoms with van der Waals surface area (Å²) in [6.45, 7) is 4.50. The first-order valence-electron chi connectivity index (χ1n) is 10.2. The van der Waals surface area contributed by atoms with E-state index < -0.39 is 11.0 Å². The molecule has 0 fully saturated rings. The topological polar surface area (TPSA) is 112 Å². The fourth-order valence-electron chi connectivity index (χ4n) is 3.67. The van der Waals surface area contributed by atoms with Crippen LogP contribution in [0.2, 0.25) is 0 Å². The summed E-state index contributed by atoms with van der Waals surface area (Å²) in [6.07, 6.45) is 2.44. The number of fused-ring (bicyclic) bond motifs is 1. The number of nitro groups is 1. The van der Waals surface area contributed by atoms with Crippen LogP contribution < -0.4 is 0 Å². The second-order valence-electron chi connectivity index (χ2n) is 6.99. The standard InChI is InChI=1S/C23H22N4O5/c1-3-31-14-15-12-17-19(22-24-10-11-26(22)23(28)32-4-2)20(16-8-6-5-7-9-16)25-21(17)18(13-15)27(29)30/h5-13,25H,3-4,14H2,1-2H3. The summed E-state index contributed by atoms with van der Waals surface area (Å²) in [5, 5.41) is 12.5. The smallest absolute Gasteiger partial charge is 0.419 e. The third-order valence-corrected chi connectivity index (χ3v) is 5.01. The Labute approximate surface area is 183 Å². The minimum atomic E-state index is -0.576. The predicted molar refractivity (Wildman–Crippen MR) is 119 cm³/mol. The molecule has 0 aliphatic heterocycles. The van der Waals surface area contributed by atoms with E-state index in [2.05, 4.69) is 9.97 Å². The molecule has 2 aromatic carbocycles. The Bertz CT molecular complexity index is 1280. The Balaban J connectivity index is 2.05. The molecule has 9 nitrogen and oxygen atoms in total. The first-order valence-corrected chi connectivity index (χ1v) is 10.2. The molecule has 0 aliphatic carbocycles. The van der Waals surface area contributed by atoms with E-state index in [1.807, 2.05) is 43.3 Å². The molecule has 0 radical (unpaired) electrons. The SMILES string of the molecule is CCOCc1cc([N+](=O)[O-])c2[nH]c(-c3ccccc3)c(-c3nccn3C(=O)OCC)c2c1. The molecule has 0 unspecified atom stereocenters. The maximum atomic E-state index is 12.6. The molecule has 164 valence electrons. The Kier molecular flexibility index (Phi) is 6.00. The highest BCUT2D eigenvalue weighted by molar-refractivity contribution is 6.06. The fourth-order valence-corrected chi connectivity index (χ4v) is 3.67. The molecule has 0 aliphatic rings. The molecular weight excluding hydrogens is 412 g/mol. The van der Waals surface area contributed by atoms with Crippen molar-refractivity contribution in [1.29, 1.82) is 0 Å². The van der Waals surface area contributed by atoms with Gasteiger partial charge in [0, 0.05) is 30.5 Å². The number of carbonyl (C=O) groups is 1. The van der Waals surface area contributed by atoms with Crippen LogP contribution in [-0.4, -0.2) is 38.8 Å². The van der Waals surface area contributed by atoms with Gasteiger partial charge in [0.05, 0.1) is 29.4 Å². The van der Waals surface area contributed by atoms with Crippen molar-refractivity contribution in [3.8, 4) is 22.6 Å². The lowest BCUT2D eigenvalue weighted by Crippen LogP contribution is -2.14. The molecule has 4 rings (SSSR count). The number of benzene rings is 2. The lowest BCUT2D eigenvalue weighted by molar-refractivity contribution is -0.383. The maximum Gasteiger partial charge on any atom is 0.419 e. The van der Waals surface area contributed by atoms with E-state index in [0.29, 0.717) is 40.2 Å². The lowest BCUT2D eigenvalue weighted by Gasteiger charge is -2.09. The molecular formula is C23H22N4O5. The highest BCUT2D eigenvalue weighted by Gasteiger charge is 2.26. The van der Waals surface area contributed by atoms with Gasteiger partial charge in [0.1, 0.15) is 5.52 Å². The van der Waals surface area contributed by atoms with E-state index in [4.69, 9.17) is 9.47 Å². The van der Waals surface area contributed by atoms with Crippen molar-refractivity contribution >= 4 is 22.7 Å². The molecule has 0 saturated carbocycles. The van der Waals surface area contributed by atoms with E-state index in [-0.39, 0.29) is 18.9 Å². The number of rotatable bonds is 7. The van der Waals surface area contributed by atoms with Crippen LogP contribution in [0.15, 0.2) is 54.9 Å². The van der Waals surface area contributed by atoms with Gasteiger partial charge in [0.25, 0.3) is 5.69 Å². The lowest BCUT2D eigenvalue weighted by atomic mass is 10.0. The summed E-state index contributed by atoms with van der Waals surface area (Å²) >= 11 is 0. The molecule has 2 aromatic heterocycles. The minimum Gasteiger partial charge on any atom is -0.449 e. The van der Waals surface area contributed by atoms with Crippen LogP contribution in [0.3, 0.4) is 0 Å². The second kappa shape index (κ2) is 9.03. The highest BCUT2D eigenvalue weighted by atomic mass is 16.6. The largest absolute Gasteiger partial charge is 0.449 e. The minimum absolute atomic E-state index is 0.0742. The summed E-state index contributed by atoms with van der Waals surface area (Å²) < 4.78 is 12.0. The van der Waals surface area contributed by atoms with Crippen LogP contribution in [-0.2, 0) is 16.1 Å². The number of nitrogens with one attached hydrogen (secondary N) is 1. The van der Waals surface area contributed by atoms with Gasteiger partial charge in [-0.05, 0) is 31.0 Å². The molecule has 0 amide bonds. The Morgan fingerprint density at radius 2 is 1.97 bits per heavy atom. The fraction of sp³-hybridized carbons (Fsp3) is 0.217. The molecule has 4 aromatic rings. The molecule has 9 heteroatoms. The first kappa shape index (κ1) is 21.3. The molecule has 32 heavy (non-hydrogen) atoms. The summed E-state index contributed by atoms with van der Waals surface area (Å²) in [4.78, 5) is 31.6. The summed E-state index contributed by atoms with van der Waals surface area (Å²) in [5.41, 5.74) is 2.93. The molecule has 2 heterocycles. The summed E-state index contributed by atoms with van der Waals surface area (Å²) in [6, 6.07) is 12.7. The summed E-state index contributed by atoms with van der Waals surface area (Å²) in [7, 11) is 0. The Morgan fingerprint density at radius 1 is 1.19 bits per heavy atom. The number of hydrogen-bond acceptors (Lipinski definition) is 6. The number of carbonyl (C=O) groups excluding carboxylic acids is 1. The van der Waals surface area contributed by atoms with Gasteiger partial charge >= 0.3 is 6.09 Å². The number of ether oxygens (including phenoxy) is 2. The van der Waals surface area contributed by atoms with Gasteiger partial charge in [-0.25, -0.2) is 14.3 Å². The number of imidazole rings is 1. The number of nitro benzene ring substituents is 1. The van der Waals surface area contributed by atoms with Crippen molar-refractivity contribution < 1.29 is 19.2 Å². The Hall–Kier alpha value is -3.98. The van der Waals surface area contributed by atoms with E-state index in [1.165, 1.54) is 23.0 Å². The van der Waals surface area contributed by atoms with Crippen LogP contribution >= 0.6 is 0 Å². The van der Waals surface area contributed by atoms with Crippen LogP contribution in [0.5, 0.6) is 0 Å². The van der Waals surface area contributed by atoms with Gasteiger partial charge in [0.15, 0.2) is 5.82 Å². The average molecular weight is 434 g/mol. The number of non-ortho nitro benzene ring substituents is 1. The van der Waals surface area contributed by atoms with Crippen LogP contribution in [0.4, 0.5) is 10.5 Å². The number of aromatic amines is 1. The third-order valence-electron chi connectivity index (χ3n) is 5.01. The number of H-pyrrole nitrogens is 1. The predicted octanol–water partition coefficient (Wildman–Crippen LogP) is 5.15. The van der Waals surface area contributed by atoms with Crippen LogP contribution in [0, 0.1) is 10.1 Å². The van der Waals surface area contributed by atoms with Crippen LogP contribution in [0.25, 0.3) is 33.5 Å². The third kappa shape index (κ3) is 3.85. The molecule has 0 bridgehead atoms. The van der Waals surface area contributed by atoms with Crippen molar-refractivity contribution in [2.24, 2.45) is 0 Å². The van der Waals surface area contributed by atoms with Crippen LogP contribution in [0.1, 0.15) is 19.4 Å². The van der Waals surface area contributed by atoms with Gasteiger partial charge in [-0.3, -0.25) is 10.1 Å². The van der Waals surface area contributed by atoms with E-state index in [0.717, 1.165) is 5.56 Å². The molecule has 0 spiro atoms. The highest BCUT2D eigenvalue weighted by Crippen LogP contribution is 2.41. The second-order valence-corrected chi connectivity index (χ2v) is 6.99. The normalized spacial score (nSPS) is 11.1. The van der Waals surface area contributed by atoms with Gasteiger partial charge in [-0.15, -0.1) is 0 Å². The van der Waals surface area contributed by atoms with Crippen molar-refractivity contribution in [1.82, 2.24) is 14.5 Å². The monoisotopic (exact) mass is 434 g/mol. The van der Waals surface area contributed by atoms with E-state index in [9.17, 15) is 14.9 Å². The summed E-state index contributed by atoms with van der Waals surface area (Å²) in [5.74, 6) is 0.330. The van der Waals surface area contributed by atoms with Crippen molar-refractivity contribution in [3.63, 3.8) is 0 Å². The average Bonchev–Trinajstić information content (AvgIpc) is 3.42. The zero-order chi connectivity index (χ0) is 22.7. The molecule has 0 atom stereocenters. The maximum absolute atomic E-state index is 12.6. The number of nitrogens with zero attached hydrogens (tertiary/aromatic N) is 3. The Morgan fingerprint density at radius 3 is 2.66 bits per heavy atom. The quantitative estimate of drug-likeness (QED) is 0.318.